The summed E-state index contributed by atoms with van der Waals surface area (Å²) in [4.78, 5) is 26.8. The highest BCUT2D eigenvalue weighted by Gasteiger charge is 2.31. The lowest BCUT2D eigenvalue weighted by Gasteiger charge is -2.36. The minimum Gasteiger partial charge on any atom is -0.368 e. The molecule has 0 saturated carbocycles. The molecule has 38 heavy (non-hydrogen) atoms. The molecular formula is C32H35N5O. The van der Waals surface area contributed by atoms with Crippen LogP contribution in [0.25, 0.3) is 10.9 Å². The molecule has 0 bridgehead atoms. The van der Waals surface area contributed by atoms with Crippen molar-refractivity contribution in [2.75, 3.05) is 60.5 Å². The van der Waals surface area contributed by atoms with Crippen LogP contribution in [0.1, 0.15) is 16.8 Å². The zero-order valence-electron chi connectivity index (χ0n) is 22.3. The lowest BCUT2D eigenvalue weighted by Crippen LogP contribution is -2.47. The van der Waals surface area contributed by atoms with E-state index in [0.29, 0.717) is 13.1 Å². The van der Waals surface area contributed by atoms with Crippen molar-refractivity contribution in [1.82, 2.24) is 9.88 Å². The fourth-order valence-electron chi connectivity index (χ4n) is 5.76. The van der Waals surface area contributed by atoms with Gasteiger partial charge in [-0.3, -0.25) is 19.7 Å². The normalized spacial score (nSPS) is 16.6. The van der Waals surface area contributed by atoms with Gasteiger partial charge in [0.2, 0.25) is 0 Å². The third-order valence-electron chi connectivity index (χ3n) is 7.92. The number of benzene rings is 3. The first kappa shape index (κ1) is 24.4. The largest absolute Gasteiger partial charge is 0.368 e. The predicted molar refractivity (Wildman–Crippen MR) is 157 cm³/mol. The highest BCUT2D eigenvalue weighted by Crippen LogP contribution is 2.29. The van der Waals surface area contributed by atoms with Crippen molar-refractivity contribution in [3.05, 3.63) is 95.7 Å². The second-order valence-electron chi connectivity index (χ2n) is 10.4. The summed E-state index contributed by atoms with van der Waals surface area (Å²) in [5.74, 6) is 0. The van der Waals surface area contributed by atoms with Gasteiger partial charge in [-0.15, -0.1) is 0 Å². The zero-order chi connectivity index (χ0) is 26.1. The molecule has 2 saturated heterocycles. The fraction of sp³-hybridized carbons (Fsp3) is 0.312. The van der Waals surface area contributed by atoms with Gasteiger partial charge in [0.05, 0.1) is 5.52 Å². The molecule has 3 aromatic carbocycles. The molecule has 0 N–H and O–H groups in total. The fourth-order valence-corrected chi connectivity index (χ4v) is 5.76. The van der Waals surface area contributed by atoms with Crippen LogP contribution < -0.4 is 14.7 Å². The SMILES string of the molecule is Cc1ccc2c(N3CCN(CCc4cccc(N5CCN(c6ccccc6C)C5=O)c4)CC3)cccc2n1. The van der Waals surface area contributed by atoms with Gasteiger partial charge in [0, 0.05) is 74.0 Å². The topological polar surface area (TPSA) is 42.9 Å². The van der Waals surface area contributed by atoms with Crippen LogP contribution >= 0.6 is 0 Å². The monoisotopic (exact) mass is 505 g/mol. The van der Waals surface area contributed by atoms with Crippen LogP contribution in [0.5, 0.6) is 0 Å². The molecule has 1 aromatic heterocycles. The van der Waals surface area contributed by atoms with Crippen LogP contribution in [0.4, 0.5) is 21.9 Å². The van der Waals surface area contributed by atoms with E-state index < -0.39 is 0 Å². The van der Waals surface area contributed by atoms with Crippen LogP contribution in [0.3, 0.4) is 0 Å². The Labute approximate surface area is 225 Å². The third kappa shape index (κ3) is 4.84. The van der Waals surface area contributed by atoms with Gasteiger partial charge in [0.1, 0.15) is 0 Å². The van der Waals surface area contributed by atoms with E-state index >= 15 is 0 Å². The zero-order valence-corrected chi connectivity index (χ0v) is 22.3. The van der Waals surface area contributed by atoms with Crippen LogP contribution in [-0.2, 0) is 6.42 Å². The third-order valence-corrected chi connectivity index (χ3v) is 7.92. The Kier molecular flexibility index (Phi) is 6.73. The van der Waals surface area contributed by atoms with Crippen molar-refractivity contribution < 1.29 is 4.79 Å². The molecule has 6 heteroatoms. The van der Waals surface area contributed by atoms with Crippen LogP contribution in [0.15, 0.2) is 78.9 Å². The van der Waals surface area contributed by atoms with E-state index in [4.69, 9.17) is 4.98 Å². The number of urea groups is 1. The number of amides is 2. The highest BCUT2D eigenvalue weighted by molar-refractivity contribution is 6.06. The standard InChI is InChI=1S/C32H35N5O/c1-24-7-3-4-11-30(24)37-22-21-36(32(37)38)27-9-5-8-26(23-27)15-16-34-17-19-35(20-18-34)31-12-6-10-29-28(31)14-13-25(2)33-29/h3-14,23H,15-22H2,1-2H3. The number of aromatic nitrogens is 1. The number of carbonyl (C=O) groups excluding carboxylic acids is 1. The maximum absolute atomic E-state index is 13.3. The first-order valence-corrected chi connectivity index (χ1v) is 13.6. The molecule has 2 aliphatic rings. The molecule has 0 unspecified atom stereocenters. The van der Waals surface area contributed by atoms with E-state index in [-0.39, 0.29) is 6.03 Å². The molecule has 2 fully saturated rings. The number of anilines is 3. The highest BCUT2D eigenvalue weighted by atomic mass is 16.2. The number of hydrogen-bond acceptors (Lipinski definition) is 4. The molecule has 6 rings (SSSR count). The second-order valence-corrected chi connectivity index (χ2v) is 10.4. The summed E-state index contributed by atoms with van der Waals surface area (Å²) in [7, 11) is 0. The van der Waals surface area contributed by atoms with Crippen molar-refractivity contribution >= 4 is 34.0 Å². The Balaban J connectivity index is 1.06. The van der Waals surface area contributed by atoms with Gasteiger partial charge in [0.15, 0.2) is 0 Å². The maximum atomic E-state index is 13.3. The number of para-hydroxylation sites is 1. The molecule has 0 aliphatic carbocycles. The summed E-state index contributed by atoms with van der Waals surface area (Å²) >= 11 is 0. The molecule has 194 valence electrons. The number of piperazine rings is 1. The predicted octanol–water partition coefficient (Wildman–Crippen LogP) is 5.66. The van der Waals surface area contributed by atoms with E-state index in [2.05, 4.69) is 77.4 Å². The van der Waals surface area contributed by atoms with E-state index in [0.717, 1.165) is 67.3 Å². The Morgan fingerprint density at radius 1 is 0.737 bits per heavy atom. The number of carbonyl (C=O) groups is 1. The minimum absolute atomic E-state index is 0.0615. The van der Waals surface area contributed by atoms with E-state index in [1.54, 1.807) is 0 Å². The van der Waals surface area contributed by atoms with Gasteiger partial charge in [-0.1, -0.05) is 36.4 Å². The number of aryl methyl sites for hydroxylation is 2. The summed E-state index contributed by atoms with van der Waals surface area (Å²) in [6.07, 6.45) is 0.981. The van der Waals surface area contributed by atoms with Gasteiger partial charge < -0.3 is 4.90 Å². The van der Waals surface area contributed by atoms with Crippen LogP contribution in [-0.4, -0.2) is 61.7 Å². The Hall–Kier alpha value is -3.90. The summed E-state index contributed by atoms with van der Waals surface area (Å²) in [5, 5.41) is 1.24. The lowest BCUT2D eigenvalue weighted by molar-refractivity contribution is 0.256. The van der Waals surface area contributed by atoms with Crippen molar-refractivity contribution in [2.24, 2.45) is 0 Å². The van der Waals surface area contributed by atoms with Crippen molar-refractivity contribution in [3.8, 4) is 0 Å². The van der Waals surface area contributed by atoms with Gasteiger partial charge in [-0.05, 0) is 73.9 Å². The summed E-state index contributed by atoms with van der Waals surface area (Å²) in [5.41, 5.74) is 7.83. The summed E-state index contributed by atoms with van der Waals surface area (Å²) in [6, 6.07) is 27.4. The van der Waals surface area contributed by atoms with Gasteiger partial charge >= 0.3 is 6.03 Å². The van der Waals surface area contributed by atoms with E-state index in [1.165, 1.54) is 16.6 Å². The van der Waals surface area contributed by atoms with Gasteiger partial charge in [-0.25, -0.2) is 4.79 Å². The minimum atomic E-state index is 0.0615. The molecule has 0 atom stereocenters. The molecule has 0 radical (unpaired) electrons. The first-order valence-electron chi connectivity index (χ1n) is 13.6. The van der Waals surface area contributed by atoms with Crippen LogP contribution in [0.2, 0.25) is 0 Å². The molecule has 2 amide bonds. The second kappa shape index (κ2) is 10.5. The number of hydrogen-bond donors (Lipinski definition) is 0. The van der Waals surface area contributed by atoms with E-state index in [1.807, 2.05) is 34.9 Å². The number of fused-ring (bicyclic) bond motifs is 1. The molecule has 6 nitrogen and oxygen atoms in total. The lowest BCUT2D eigenvalue weighted by atomic mass is 10.1. The van der Waals surface area contributed by atoms with Crippen molar-refractivity contribution in [1.29, 1.82) is 0 Å². The molecule has 4 aromatic rings. The average Bonchev–Trinajstić information content (AvgIpc) is 3.33. The molecule has 2 aliphatic heterocycles. The van der Waals surface area contributed by atoms with Gasteiger partial charge in [-0.2, -0.15) is 0 Å². The average molecular weight is 506 g/mol. The van der Waals surface area contributed by atoms with Crippen molar-refractivity contribution in [3.63, 3.8) is 0 Å². The molecular weight excluding hydrogens is 470 g/mol. The maximum Gasteiger partial charge on any atom is 0.329 e. The molecule has 0 spiro atoms. The Morgan fingerprint density at radius 2 is 1.50 bits per heavy atom. The van der Waals surface area contributed by atoms with Gasteiger partial charge in [0.25, 0.3) is 0 Å². The number of nitrogens with zero attached hydrogens (tertiary/aromatic N) is 5. The summed E-state index contributed by atoms with van der Waals surface area (Å²) < 4.78 is 0. The Morgan fingerprint density at radius 3 is 2.34 bits per heavy atom. The first-order chi connectivity index (χ1) is 18.6. The van der Waals surface area contributed by atoms with Crippen molar-refractivity contribution in [2.45, 2.75) is 20.3 Å². The number of rotatable bonds is 6. The van der Waals surface area contributed by atoms with E-state index in [9.17, 15) is 4.79 Å². The number of pyridine rings is 1. The molecule has 3 heterocycles. The smallest absolute Gasteiger partial charge is 0.329 e. The summed E-state index contributed by atoms with van der Waals surface area (Å²) in [6.45, 7) is 10.7. The Bertz CT molecular complexity index is 1460. The quantitative estimate of drug-likeness (QED) is 0.339. The van der Waals surface area contributed by atoms with Crippen LogP contribution in [0, 0.1) is 13.8 Å².